The van der Waals surface area contributed by atoms with Gasteiger partial charge in [0.15, 0.2) is 0 Å². The van der Waals surface area contributed by atoms with Gasteiger partial charge in [0.05, 0.1) is 30.0 Å². The number of hydrogen-bond acceptors (Lipinski definition) is 4. The van der Waals surface area contributed by atoms with Crippen molar-refractivity contribution in [3.8, 4) is 0 Å². The summed E-state index contributed by atoms with van der Waals surface area (Å²) in [6, 6.07) is 1.90. The predicted molar refractivity (Wildman–Crippen MR) is 96.3 cm³/mol. The van der Waals surface area contributed by atoms with E-state index in [0.717, 1.165) is 30.9 Å². The van der Waals surface area contributed by atoms with Crippen molar-refractivity contribution in [1.82, 2.24) is 24.6 Å². The molecule has 138 valence electrons. The molecule has 0 aliphatic rings. The van der Waals surface area contributed by atoms with E-state index in [1.54, 1.807) is 12.5 Å². The SMILES string of the molecule is Cc1cc(C)n(CCCn2cncc2[C@H](C)NC(=O)OC(C)(C)C)n1. The number of carbonyl (C=O) groups excluding carboxylic acids is 1. The molecule has 0 saturated carbocycles. The molecule has 0 saturated heterocycles. The molecule has 2 aromatic heterocycles. The number of nitrogens with one attached hydrogen (secondary N) is 1. The summed E-state index contributed by atoms with van der Waals surface area (Å²) in [4.78, 5) is 16.2. The van der Waals surface area contributed by atoms with Gasteiger partial charge >= 0.3 is 6.09 Å². The quantitative estimate of drug-likeness (QED) is 0.869. The van der Waals surface area contributed by atoms with Gasteiger partial charge < -0.3 is 14.6 Å². The minimum atomic E-state index is -0.510. The molecule has 2 aromatic rings. The molecule has 7 heteroatoms. The lowest BCUT2D eigenvalue weighted by Gasteiger charge is -2.22. The molecule has 1 amide bonds. The summed E-state index contributed by atoms with van der Waals surface area (Å²) < 4.78 is 9.39. The molecule has 1 atom stereocenters. The van der Waals surface area contributed by atoms with Gasteiger partial charge in [-0.3, -0.25) is 4.68 Å². The second kappa shape index (κ2) is 7.72. The third-order valence-electron chi connectivity index (χ3n) is 3.79. The Labute approximate surface area is 149 Å². The second-order valence-corrected chi connectivity index (χ2v) is 7.38. The van der Waals surface area contributed by atoms with E-state index in [2.05, 4.69) is 33.0 Å². The second-order valence-electron chi connectivity index (χ2n) is 7.38. The normalized spacial score (nSPS) is 12.9. The molecule has 7 nitrogen and oxygen atoms in total. The summed E-state index contributed by atoms with van der Waals surface area (Å²) in [7, 11) is 0. The number of aryl methyl sites for hydroxylation is 4. The molecule has 0 radical (unpaired) electrons. The van der Waals surface area contributed by atoms with Crippen LogP contribution in [0.5, 0.6) is 0 Å². The molecule has 0 unspecified atom stereocenters. The van der Waals surface area contributed by atoms with E-state index >= 15 is 0 Å². The first-order valence-corrected chi connectivity index (χ1v) is 8.66. The van der Waals surface area contributed by atoms with Gasteiger partial charge in [-0.1, -0.05) is 0 Å². The summed E-state index contributed by atoms with van der Waals surface area (Å²) >= 11 is 0. The van der Waals surface area contributed by atoms with Crippen molar-refractivity contribution in [3.05, 3.63) is 35.7 Å². The van der Waals surface area contributed by atoms with Crippen molar-refractivity contribution in [2.24, 2.45) is 0 Å². The van der Waals surface area contributed by atoms with Gasteiger partial charge in [0.1, 0.15) is 5.60 Å². The molecular weight excluding hydrogens is 318 g/mol. The van der Waals surface area contributed by atoms with Crippen LogP contribution < -0.4 is 5.32 Å². The lowest BCUT2D eigenvalue weighted by Crippen LogP contribution is -2.34. The largest absolute Gasteiger partial charge is 0.444 e. The number of carbonyl (C=O) groups is 1. The van der Waals surface area contributed by atoms with Crippen LogP contribution in [0.15, 0.2) is 18.6 Å². The minimum Gasteiger partial charge on any atom is -0.444 e. The fraction of sp³-hybridized carbons (Fsp3) is 0.611. The highest BCUT2D eigenvalue weighted by Gasteiger charge is 2.19. The first-order valence-electron chi connectivity index (χ1n) is 8.66. The van der Waals surface area contributed by atoms with Crippen molar-refractivity contribution >= 4 is 6.09 Å². The van der Waals surface area contributed by atoms with Crippen LogP contribution >= 0.6 is 0 Å². The third-order valence-corrected chi connectivity index (χ3v) is 3.79. The van der Waals surface area contributed by atoms with Crippen LogP contribution in [-0.4, -0.2) is 31.0 Å². The van der Waals surface area contributed by atoms with Crippen molar-refractivity contribution in [1.29, 1.82) is 0 Å². The van der Waals surface area contributed by atoms with E-state index in [4.69, 9.17) is 4.74 Å². The first kappa shape index (κ1) is 19.0. The summed E-state index contributed by atoms with van der Waals surface area (Å²) in [5.41, 5.74) is 2.66. The van der Waals surface area contributed by atoms with Crippen molar-refractivity contribution in [3.63, 3.8) is 0 Å². The van der Waals surface area contributed by atoms with E-state index < -0.39 is 11.7 Å². The molecule has 0 aliphatic carbocycles. The average molecular weight is 347 g/mol. The first-order chi connectivity index (χ1) is 11.7. The van der Waals surface area contributed by atoms with Gasteiger partial charge in [-0.25, -0.2) is 9.78 Å². The van der Waals surface area contributed by atoms with Gasteiger partial charge in [-0.05, 0) is 54.0 Å². The van der Waals surface area contributed by atoms with E-state index in [1.807, 2.05) is 39.3 Å². The van der Waals surface area contributed by atoms with Gasteiger partial charge in [-0.2, -0.15) is 5.10 Å². The Morgan fingerprint density at radius 1 is 1.32 bits per heavy atom. The molecular formula is C18H29N5O2. The molecule has 0 fully saturated rings. The van der Waals surface area contributed by atoms with E-state index in [0.29, 0.717) is 0 Å². The Hall–Kier alpha value is -2.31. The lowest BCUT2D eigenvalue weighted by molar-refractivity contribution is 0.0506. The number of aromatic nitrogens is 4. The Bertz CT molecular complexity index is 711. The maximum atomic E-state index is 11.9. The molecule has 0 aliphatic heterocycles. The van der Waals surface area contributed by atoms with Crippen LogP contribution in [0.3, 0.4) is 0 Å². The Morgan fingerprint density at radius 2 is 2.04 bits per heavy atom. The molecule has 2 rings (SSSR count). The van der Waals surface area contributed by atoms with Crippen LogP contribution in [0.25, 0.3) is 0 Å². The van der Waals surface area contributed by atoms with Crippen molar-refractivity contribution in [2.75, 3.05) is 0 Å². The number of amides is 1. The van der Waals surface area contributed by atoms with Gasteiger partial charge in [0, 0.05) is 18.8 Å². The van der Waals surface area contributed by atoms with Crippen LogP contribution in [0.4, 0.5) is 4.79 Å². The average Bonchev–Trinajstić information content (AvgIpc) is 3.03. The number of hydrogen-bond donors (Lipinski definition) is 1. The van der Waals surface area contributed by atoms with Gasteiger partial charge in [-0.15, -0.1) is 0 Å². The minimum absolute atomic E-state index is 0.175. The van der Waals surface area contributed by atoms with Crippen molar-refractivity contribution < 1.29 is 9.53 Å². The molecule has 25 heavy (non-hydrogen) atoms. The molecule has 2 heterocycles. The summed E-state index contributed by atoms with van der Waals surface area (Å²) in [5.74, 6) is 0. The van der Waals surface area contributed by atoms with E-state index in [-0.39, 0.29) is 6.04 Å². The monoisotopic (exact) mass is 347 g/mol. The topological polar surface area (TPSA) is 74.0 Å². The van der Waals surface area contributed by atoms with E-state index in [1.165, 1.54) is 5.69 Å². The Balaban J connectivity index is 1.90. The lowest BCUT2D eigenvalue weighted by atomic mass is 10.2. The summed E-state index contributed by atoms with van der Waals surface area (Å²) in [6.07, 6.45) is 4.09. The summed E-state index contributed by atoms with van der Waals surface area (Å²) in [6.45, 7) is 13.2. The fourth-order valence-corrected chi connectivity index (χ4v) is 2.73. The van der Waals surface area contributed by atoms with Gasteiger partial charge in [0.2, 0.25) is 0 Å². The van der Waals surface area contributed by atoms with E-state index in [9.17, 15) is 4.79 Å². The van der Waals surface area contributed by atoms with Gasteiger partial charge in [0.25, 0.3) is 0 Å². The Morgan fingerprint density at radius 3 is 2.64 bits per heavy atom. The van der Waals surface area contributed by atoms with Crippen LogP contribution in [0.1, 0.15) is 57.2 Å². The zero-order valence-corrected chi connectivity index (χ0v) is 16.0. The fourth-order valence-electron chi connectivity index (χ4n) is 2.73. The highest BCUT2D eigenvalue weighted by molar-refractivity contribution is 5.68. The number of rotatable bonds is 6. The highest BCUT2D eigenvalue weighted by atomic mass is 16.6. The summed E-state index contributed by atoms with van der Waals surface area (Å²) in [5, 5.41) is 7.34. The number of alkyl carbamates (subject to hydrolysis) is 1. The van der Waals surface area contributed by atoms with Crippen molar-refractivity contribution in [2.45, 2.75) is 72.7 Å². The smallest absolute Gasteiger partial charge is 0.408 e. The predicted octanol–water partition coefficient (Wildman–Crippen LogP) is 3.37. The third kappa shape index (κ3) is 5.62. The Kier molecular flexibility index (Phi) is 5.87. The van der Waals surface area contributed by atoms with Crippen LogP contribution in [0.2, 0.25) is 0 Å². The standard InChI is InChI=1S/C18H29N5O2/c1-13-10-14(2)23(21-13)9-7-8-22-12-19-11-16(22)15(3)20-17(24)25-18(4,5)6/h10-12,15H,7-9H2,1-6H3,(H,20,24)/t15-/m0/s1. The number of ether oxygens (including phenoxy) is 1. The van der Waals surface area contributed by atoms with Crippen LogP contribution in [-0.2, 0) is 17.8 Å². The molecule has 0 spiro atoms. The zero-order valence-electron chi connectivity index (χ0n) is 16.0. The molecule has 0 bridgehead atoms. The number of nitrogens with zero attached hydrogens (tertiary/aromatic N) is 4. The maximum absolute atomic E-state index is 11.9. The highest BCUT2D eigenvalue weighted by Crippen LogP contribution is 2.15. The number of imidazole rings is 1. The molecule has 0 aromatic carbocycles. The molecule has 1 N–H and O–H groups in total. The van der Waals surface area contributed by atoms with Crippen LogP contribution in [0, 0.1) is 13.8 Å². The maximum Gasteiger partial charge on any atom is 0.408 e. The zero-order chi connectivity index (χ0) is 18.6.